The van der Waals surface area contributed by atoms with Crippen LogP contribution in [-0.2, 0) is 15.1 Å². The maximum absolute atomic E-state index is 15.6. The van der Waals surface area contributed by atoms with Crippen LogP contribution in [0.15, 0.2) is 60.7 Å². The van der Waals surface area contributed by atoms with E-state index in [0.717, 1.165) is 0 Å². The molecule has 0 bridgehead atoms. The molecule has 0 aromatic heterocycles. The fraction of sp³-hybridized carbons (Fsp3) is 0.333. The van der Waals surface area contributed by atoms with E-state index in [4.69, 9.17) is 33.7 Å². The van der Waals surface area contributed by atoms with Crippen LogP contribution in [0.3, 0.4) is 0 Å². The molecular weight excluding hydrogens is 559 g/mol. The minimum absolute atomic E-state index is 0.145. The van der Waals surface area contributed by atoms with Crippen molar-refractivity contribution >= 4 is 40.8 Å². The van der Waals surface area contributed by atoms with E-state index >= 15 is 4.39 Å². The molecule has 6 nitrogen and oxygen atoms in total. The third kappa shape index (κ3) is 6.00. The molecule has 10 heteroatoms. The van der Waals surface area contributed by atoms with Crippen molar-refractivity contribution in [1.29, 1.82) is 0 Å². The van der Waals surface area contributed by atoms with Gasteiger partial charge in [-0.2, -0.15) is 0 Å². The first-order valence-electron chi connectivity index (χ1n) is 12.7. The number of benzene rings is 3. The molecule has 0 saturated carbocycles. The van der Waals surface area contributed by atoms with E-state index in [9.17, 15) is 14.0 Å². The SMILES string of the molecule is COC(=O)c1ccc(NC(=O)[C@@H]2N[C@@H](CC(C)(C)C)[C@](N)(c3ccc(Cl)cc3F)[C@H]2c2ccc(F)c(Cl)c2)cc1. The number of hydrogen-bond donors (Lipinski definition) is 3. The quantitative estimate of drug-likeness (QED) is 0.289. The van der Waals surface area contributed by atoms with Crippen molar-refractivity contribution in [3.8, 4) is 0 Å². The Morgan fingerprint density at radius 3 is 2.27 bits per heavy atom. The summed E-state index contributed by atoms with van der Waals surface area (Å²) in [6, 6.07) is 13.1. The van der Waals surface area contributed by atoms with Gasteiger partial charge in [-0.3, -0.25) is 4.79 Å². The van der Waals surface area contributed by atoms with Gasteiger partial charge in [-0.05, 0) is 65.9 Å². The molecule has 0 spiro atoms. The summed E-state index contributed by atoms with van der Waals surface area (Å²) in [4.78, 5) is 25.7. The lowest BCUT2D eigenvalue weighted by Gasteiger charge is -2.39. The second-order valence-electron chi connectivity index (χ2n) is 11.2. The van der Waals surface area contributed by atoms with E-state index in [1.165, 1.54) is 49.6 Å². The number of carbonyl (C=O) groups excluding carboxylic acids is 2. The summed E-state index contributed by atoms with van der Waals surface area (Å²) in [7, 11) is 1.28. The van der Waals surface area contributed by atoms with Crippen molar-refractivity contribution < 1.29 is 23.1 Å². The molecule has 0 radical (unpaired) electrons. The summed E-state index contributed by atoms with van der Waals surface area (Å²) in [6.45, 7) is 6.06. The molecule has 40 heavy (non-hydrogen) atoms. The van der Waals surface area contributed by atoms with Gasteiger partial charge < -0.3 is 21.1 Å². The number of halogens is 4. The van der Waals surface area contributed by atoms with Gasteiger partial charge in [-0.25, -0.2) is 13.6 Å². The highest BCUT2D eigenvalue weighted by Gasteiger charge is 2.57. The number of nitrogens with two attached hydrogens (primary N) is 1. The fourth-order valence-electron chi connectivity index (χ4n) is 5.41. The average Bonchev–Trinajstić information content (AvgIpc) is 3.16. The molecule has 3 aromatic rings. The molecule has 3 aromatic carbocycles. The summed E-state index contributed by atoms with van der Waals surface area (Å²) < 4.78 is 34.5. The average molecular weight is 590 g/mol. The maximum Gasteiger partial charge on any atom is 0.337 e. The van der Waals surface area contributed by atoms with Crippen LogP contribution >= 0.6 is 23.2 Å². The van der Waals surface area contributed by atoms with E-state index < -0.39 is 47.1 Å². The zero-order chi connectivity index (χ0) is 29.4. The Labute approximate surface area is 242 Å². The fourth-order valence-corrected chi connectivity index (χ4v) is 5.76. The molecule has 1 amide bonds. The van der Waals surface area contributed by atoms with E-state index in [1.54, 1.807) is 18.2 Å². The van der Waals surface area contributed by atoms with Crippen LogP contribution in [0.2, 0.25) is 10.0 Å². The van der Waals surface area contributed by atoms with Gasteiger partial charge in [0.25, 0.3) is 0 Å². The summed E-state index contributed by atoms with van der Waals surface area (Å²) in [5.74, 6) is -3.06. The highest BCUT2D eigenvalue weighted by atomic mass is 35.5. The van der Waals surface area contributed by atoms with E-state index in [-0.39, 0.29) is 21.0 Å². The zero-order valence-electron chi connectivity index (χ0n) is 22.5. The normalized spacial score (nSPS) is 22.7. The Kier molecular flexibility index (Phi) is 8.57. The molecular formula is C30H31Cl2F2N3O3. The number of esters is 1. The van der Waals surface area contributed by atoms with Crippen molar-refractivity contribution in [2.45, 2.75) is 50.7 Å². The molecule has 1 aliphatic heterocycles. The lowest BCUT2D eigenvalue weighted by atomic mass is 9.68. The third-order valence-electron chi connectivity index (χ3n) is 7.18. The molecule has 0 aliphatic carbocycles. The molecule has 0 unspecified atom stereocenters. The number of amides is 1. The van der Waals surface area contributed by atoms with Crippen LogP contribution < -0.4 is 16.4 Å². The first-order valence-corrected chi connectivity index (χ1v) is 13.4. The number of ether oxygens (including phenoxy) is 1. The Bertz CT molecular complexity index is 1430. The summed E-state index contributed by atoms with van der Waals surface area (Å²) in [5.41, 5.74) is 6.89. The van der Waals surface area contributed by atoms with Crippen LogP contribution in [0.5, 0.6) is 0 Å². The minimum atomic E-state index is -1.46. The Hall–Kier alpha value is -3.04. The number of rotatable bonds is 6. The van der Waals surface area contributed by atoms with Crippen molar-refractivity contribution in [2.75, 3.05) is 12.4 Å². The first kappa shape index (κ1) is 29.9. The highest BCUT2D eigenvalue weighted by molar-refractivity contribution is 6.31. The minimum Gasteiger partial charge on any atom is -0.465 e. The highest BCUT2D eigenvalue weighted by Crippen LogP contribution is 2.49. The molecule has 4 N–H and O–H groups in total. The van der Waals surface area contributed by atoms with Crippen molar-refractivity contribution in [2.24, 2.45) is 11.1 Å². The largest absolute Gasteiger partial charge is 0.465 e. The standard InChI is InChI=1S/C30H31Cl2F2N3O3/c1-29(2,3)15-24-30(35,20-11-8-18(31)14-23(20)34)25(17-7-12-22(33)21(32)13-17)26(37-24)27(38)36-19-9-5-16(6-10-19)28(39)40-4/h5-14,24-26,37H,15,35H2,1-4H3,(H,36,38)/t24-,25-,26+,30+/m0/s1. The molecule has 212 valence electrons. The van der Waals surface area contributed by atoms with Crippen LogP contribution in [-0.4, -0.2) is 31.1 Å². The molecule has 4 atom stereocenters. The summed E-state index contributed by atoms with van der Waals surface area (Å²) >= 11 is 12.2. The van der Waals surface area contributed by atoms with Crippen molar-refractivity contribution in [3.63, 3.8) is 0 Å². The topological polar surface area (TPSA) is 93.4 Å². The van der Waals surface area contributed by atoms with Gasteiger partial charge in [0, 0.05) is 28.2 Å². The monoisotopic (exact) mass is 589 g/mol. The van der Waals surface area contributed by atoms with Gasteiger partial charge in [-0.15, -0.1) is 0 Å². The maximum atomic E-state index is 15.6. The van der Waals surface area contributed by atoms with Crippen LogP contribution in [0.1, 0.15) is 54.6 Å². The van der Waals surface area contributed by atoms with E-state index in [0.29, 0.717) is 23.2 Å². The van der Waals surface area contributed by atoms with Gasteiger partial charge >= 0.3 is 5.97 Å². The van der Waals surface area contributed by atoms with Gasteiger partial charge in [0.1, 0.15) is 11.6 Å². The smallest absolute Gasteiger partial charge is 0.337 e. The Balaban J connectivity index is 1.83. The third-order valence-corrected chi connectivity index (χ3v) is 7.70. The number of hydrogen-bond acceptors (Lipinski definition) is 5. The number of carbonyl (C=O) groups is 2. The number of nitrogens with one attached hydrogen (secondary N) is 2. The van der Waals surface area contributed by atoms with Crippen LogP contribution in [0, 0.1) is 17.0 Å². The number of methoxy groups -OCH3 is 1. The van der Waals surface area contributed by atoms with E-state index in [1.807, 2.05) is 20.8 Å². The van der Waals surface area contributed by atoms with E-state index in [2.05, 4.69) is 10.6 Å². The Morgan fingerprint density at radius 1 is 1.02 bits per heavy atom. The van der Waals surface area contributed by atoms with Crippen molar-refractivity contribution in [1.82, 2.24) is 5.32 Å². The van der Waals surface area contributed by atoms with Gasteiger partial charge in [0.2, 0.25) is 5.91 Å². The van der Waals surface area contributed by atoms with Crippen LogP contribution in [0.25, 0.3) is 0 Å². The summed E-state index contributed by atoms with van der Waals surface area (Å²) in [6.07, 6.45) is 0.481. The predicted molar refractivity (Wildman–Crippen MR) is 153 cm³/mol. The molecule has 1 aliphatic rings. The Morgan fingerprint density at radius 2 is 1.70 bits per heavy atom. The van der Waals surface area contributed by atoms with Gasteiger partial charge in [-0.1, -0.05) is 56.1 Å². The lowest BCUT2D eigenvalue weighted by molar-refractivity contribution is -0.118. The molecule has 1 heterocycles. The predicted octanol–water partition coefficient (Wildman–Crippen LogP) is 6.41. The van der Waals surface area contributed by atoms with Gasteiger partial charge in [0.05, 0.1) is 29.3 Å². The molecule has 4 rings (SSSR count). The van der Waals surface area contributed by atoms with Crippen molar-refractivity contribution in [3.05, 3.63) is 99.0 Å². The molecule has 1 fully saturated rings. The second-order valence-corrected chi connectivity index (χ2v) is 12.1. The lowest BCUT2D eigenvalue weighted by Crippen LogP contribution is -2.52. The second kappa shape index (κ2) is 11.4. The van der Waals surface area contributed by atoms with Crippen LogP contribution in [0.4, 0.5) is 14.5 Å². The summed E-state index contributed by atoms with van der Waals surface area (Å²) in [5, 5.41) is 6.29. The van der Waals surface area contributed by atoms with Gasteiger partial charge in [0.15, 0.2) is 0 Å². The zero-order valence-corrected chi connectivity index (χ0v) is 24.0. The first-order chi connectivity index (χ1) is 18.7. The molecule has 1 saturated heterocycles. The number of anilines is 1.